The van der Waals surface area contributed by atoms with Crippen LogP contribution >= 0.6 is 11.8 Å². The minimum absolute atomic E-state index is 0.121. The summed E-state index contributed by atoms with van der Waals surface area (Å²) < 4.78 is 28.9. The third kappa shape index (κ3) is 4.84. The van der Waals surface area contributed by atoms with Gasteiger partial charge in [0.15, 0.2) is 0 Å². The molecule has 0 spiro atoms. The number of nitrogens with one attached hydrogen (secondary N) is 2. The third-order valence-electron chi connectivity index (χ3n) is 3.38. The zero-order valence-electron chi connectivity index (χ0n) is 13.2. The predicted octanol–water partition coefficient (Wildman–Crippen LogP) is 2.71. The first kappa shape index (κ1) is 17.6. The molecule has 0 radical (unpaired) electrons. The lowest BCUT2D eigenvalue weighted by molar-refractivity contribution is -0.116. The highest BCUT2D eigenvalue weighted by Crippen LogP contribution is 2.21. The Morgan fingerprint density at radius 1 is 1.35 bits per heavy atom. The van der Waals surface area contributed by atoms with Crippen LogP contribution in [0.5, 0.6) is 0 Å². The van der Waals surface area contributed by atoms with Gasteiger partial charge in [-0.1, -0.05) is 6.07 Å². The fourth-order valence-corrected chi connectivity index (χ4v) is 3.80. The van der Waals surface area contributed by atoms with E-state index < -0.39 is 10.2 Å². The number of carbonyl (C=O) groups excluding carboxylic acids is 1. The van der Waals surface area contributed by atoms with E-state index >= 15 is 0 Å². The van der Waals surface area contributed by atoms with E-state index in [2.05, 4.69) is 14.4 Å². The number of hydrogen-bond acceptors (Lipinski definition) is 4. The van der Waals surface area contributed by atoms with Gasteiger partial charge in [-0.25, -0.2) is 0 Å². The van der Waals surface area contributed by atoms with Crippen molar-refractivity contribution in [3.05, 3.63) is 35.5 Å². The maximum atomic E-state index is 12.1. The van der Waals surface area contributed by atoms with Crippen molar-refractivity contribution in [2.24, 2.45) is 4.40 Å². The van der Waals surface area contributed by atoms with Crippen LogP contribution in [0.4, 0.5) is 5.69 Å². The molecule has 1 aromatic carbocycles. The quantitative estimate of drug-likeness (QED) is 0.797. The van der Waals surface area contributed by atoms with Crippen LogP contribution in [0.1, 0.15) is 26.7 Å². The maximum absolute atomic E-state index is 12.1. The van der Waals surface area contributed by atoms with Gasteiger partial charge in [0.05, 0.1) is 5.71 Å². The Bertz CT molecular complexity index is 783. The van der Waals surface area contributed by atoms with Gasteiger partial charge in [-0.05, 0) is 50.3 Å². The summed E-state index contributed by atoms with van der Waals surface area (Å²) >= 11 is 1.61. The minimum atomic E-state index is -3.63. The number of anilines is 1. The molecule has 0 saturated carbocycles. The van der Waals surface area contributed by atoms with Crippen molar-refractivity contribution in [2.45, 2.75) is 31.6 Å². The average molecular weight is 353 g/mol. The van der Waals surface area contributed by atoms with Crippen LogP contribution in [-0.4, -0.2) is 26.3 Å². The molecule has 0 bridgehead atoms. The second-order valence-corrected chi connectivity index (χ2v) is 7.35. The van der Waals surface area contributed by atoms with Crippen LogP contribution in [0.3, 0.4) is 0 Å². The summed E-state index contributed by atoms with van der Waals surface area (Å²) in [5.74, 6) is -0.121. The van der Waals surface area contributed by atoms with Crippen LogP contribution in [0.15, 0.2) is 44.8 Å². The van der Waals surface area contributed by atoms with E-state index in [0.717, 1.165) is 16.2 Å². The average Bonchev–Trinajstić information content (AvgIpc) is 2.45. The molecule has 1 aliphatic heterocycles. The normalized spacial score (nSPS) is 16.6. The highest BCUT2D eigenvalue weighted by atomic mass is 32.2. The van der Waals surface area contributed by atoms with E-state index in [0.29, 0.717) is 17.8 Å². The van der Waals surface area contributed by atoms with Gasteiger partial charge < -0.3 is 5.32 Å². The molecular formula is C15H19N3O3S2. The number of benzene rings is 1. The van der Waals surface area contributed by atoms with Gasteiger partial charge in [0.25, 0.3) is 0 Å². The highest BCUT2D eigenvalue weighted by Gasteiger charge is 2.20. The van der Waals surface area contributed by atoms with Crippen molar-refractivity contribution in [1.82, 2.24) is 4.72 Å². The topological polar surface area (TPSA) is 87.6 Å². The van der Waals surface area contributed by atoms with E-state index in [1.165, 1.54) is 0 Å². The molecule has 6 nitrogen and oxygen atoms in total. The number of thioether (sulfide) groups is 1. The number of rotatable bonds is 5. The molecule has 0 atom stereocenters. The molecule has 0 saturated heterocycles. The molecule has 2 N–H and O–H groups in total. The van der Waals surface area contributed by atoms with E-state index in [1.807, 2.05) is 30.5 Å². The van der Waals surface area contributed by atoms with E-state index in [4.69, 9.17) is 0 Å². The Kier molecular flexibility index (Phi) is 5.48. The molecule has 124 valence electrons. The highest BCUT2D eigenvalue weighted by molar-refractivity contribution is 7.98. The Balaban J connectivity index is 1.98. The second kappa shape index (κ2) is 7.18. The molecular weight excluding hydrogens is 334 g/mol. The van der Waals surface area contributed by atoms with Crippen molar-refractivity contribution < 1.29 is 13.2 Å². The van der Waals surface area contributed by atoms with Crippen molar-refractivity contribution in [3.63, 3.8) is 0 Å². The van der Waals surface area contributed by atoms with Crippen LogP contribution in [0.2, 0.25) is 0 Å². The Morgan fingerprint density at radius 2 is 2.09 bits per heavy atom. The first-order valence-corrected chi connectivity index (χ1v) is 9.70. The number of carbonyl (C=O) groups is 1. The Morgan fingerprint density at radius 3 is 2.74 bits per heavy atom. The van der Waals surface area contributed by atoms with Gasteiger partial charge in [-0.3, -0.25) is 9.52 Å². The summed E-state index contributed by atoms with van der Waals surface area (Å²) in [6, 6.07) is 7.61. The second-order valence-electron chi connectivity index (χ2n) is 5.14. The van der Waals surface area contributed by atoms with Crippen LogP contribution < -0.4 is 10.0 Å². The van der Waals surface area contributed by atoms with Crippen molar-refractivity contribution in [3.8, 4) is 0 Å². The molecule has 0 aromatic heterocycles. The zero-order chi connectivity index (χ0) is 17.0. The van der Waals surface area contributed by atoms with Gasteiger partial charge in [-0.15, -0.1) is 16.2 Å². The standard InChI is InChI=1S/C15H19N3O3S2/c1-10-14(11(2)18-23(20,21)17-10)7-8-15(19)16-12-5-4-6-13(9-12)22-3/h4-6,9,17H,7-8H2,1-3H3,(H,16,19). The first-order valence-electron chi connectivity index (χ1n) is 7.04. The third-order valence-corrected chi connectivity index (χ3v) is 5.19. The van der Waals surface area contributed by atoms with Gasteiger partial charge in [-0.2, -0.15) is 8.42 Å². The monoisotopic (exact) mass is 353 g/mol. The lowest BCUT2D eigenvalue weighted by atomic mass is 10.0. The molecule has 2 rings (SSSR count). The molecule has 0 fully saturated rings. The van der Waals surface area contributed by atoms with Gasteiger partial charge in [0, 0.05) is 22.7 Å². The van der Waals surface area contributed by atoms with E-state index in [-0.39, 0.29) is 12.3 Å². The number of hydrogen-bond donors (Lipinski definition) is 2. The van der Waals surface area contributed by atoms with Crippen molar-refractivity contribution in [2.75, 3.05) is 11.6 Å². The summed E-state index contributed by atoms with van der Waals surface area (Å²) in [4.78, 5) is 13.2. The maximum Gasteiger partial charge on any atom is 0.342 e. The molecule has 1 heterocycles. The van der Waals surface area contributed by atoms with Gasteiger partial charge in [0.2, 0.25) is 5.91 Å². The largest absolute Gasteiger partial charge is 0.342 e. The molecule has 0 unspecified atom stereocenters. The summed E-state index contributed by atoms with van der Waals surface area (Å²) in [7, 11) is -3.63. The fraction of sp³-hybridized carbons (Fsp3) is 0.333. The predicted molar refractivity (Wildman–Crippen MR) is 94.0 cm³/mol. The SMILES string of the molecule is CSc1cccc(NC(=O)CCC2=C(C)NS(=O)(=O)N=C2C)c1. The zero-order valence-corrected chi connectivity index (χ0v) is 14.8. The van der Waals surface area contributed by atoms with E-state index in [9.17, 15) is 13.2 Å². The van der Waals surface area contributed by atoms with Crippen LogP contribution in [-0.2, 0) is 15.0 Å². The number of amides is 1. The minimum Gasteiger partial charge on any atom is -0.326 e. The molecule has 1 amide bonds. The summed E-state index contributed by atoms with van der Waals surface area (Å²) in [5.41, 5.74) is 2.46. The Hall–Kier alpha value is -1.80. The first-order chi connectivity index (χ1) is 10.8. The fourth-order valence-electron chi connectivity index (χ4n) is 2.32. The van der Waals surface area contributed by atoms with Gasteiger partial charge in [0.1, 0.15) is 0 Å². The lowest BCUT2D eigenvalue weighted by Gasteiger charge is -2.17. The Labute approximate surface area is 140 Å². The molecule has 1 aromatic rings. The molecule has 0 aliphatic carbocycles. The van der Waals surface area contributed by atoms with Crippen molar-refractivity contribution >= 4 is 39.3 Å². The van der Waals surface area contributed by atoms with Crippen LogP contribution in [0.25, 0.3) is 0 Å². The van der Waals surface area contributed by atoms with Crippen molar-refractivity contribution in [1.29, 1.82) is 0 Å². The smallest absolute Gasteiger partial charge is 0.326 e. The summed E-state index contributed by atoms with van der Waals surface area (Å²) in [6.45, 7) is 3.31. The molecule has 23 heavy (non-hydrogen) atoms. The van der Waals surface area contributed by atoms with E-state index in [1.54, 1.807) is 25.6 Å². The summed E-state index contributed by atoms with van der Waals surface area (Å²) in [5, 5.41) is 2.85. The summed E-state index contributed by atoms with van der Waals surface area (Å²) in [6.07, 6.45) is 2.66. The van der Waals surface area contributed by atoms with Crippen LogP contribution in [0, 0.1) is 0 Å². The van der Waals surface area contributed by atoms with Gasteiger partial charge >= 0.3 is 10.2 Å². The molecule has 8 heteroatoms. The lowest BCUT2D eigenvalue weighted by Crippen LogP contribution is -2.28. The number of allylic oxidation sites excluding steroid dienone is 2. The molecule has 1 aliphatic rings. The number of nitrogens with zero attached hydrogens (tertiary/aromatic N) is 1.